The molecule has 0 spiro atoms. The maximum absolute atomic E-state index is 10.4. The van der Waals surface area contributed by atoms with Crippen molar-refractivity contribution < 1.29 is 9.84 Å². The number of rotatable bonds is 7. The number of aliphatic hydroxyl groups is 1. The molecule has 0 bridgehead atoms. The number of aliphatic hydroxyl groups excluding tert-OH is 1. The molecule has 0 saturated carbocycles. The smallest absolute Gasteiger partial charge is 0.122 e. The highest BCUT2D eigenvalue weighted by atomic mass is 16.5. The normalized spacial score (nSPS) is 19.3. The molecule has 2 unspecified atom stereocenters. The van der Waals surface area contributed by atoms with E-state index >= 15 is 0 Å². The molecule has 2 rings (SSSR count). The van der Waals surface area contributed by atoms with Gasteiger partial charge in [0.05, 0.1) is 12.7 Å². The molecular formula is C17H24O2. The Morgan fingerprint density at radius 2 is 2.16 bits per heavy atom. The van der Waals surface area contributed by atoms with Crippen molar-refractivity contribution >= 4 is 0 Å². The van der Waals surface area contributed by atoms with Crippen molar-refractivity contribution in [3.8, 4) is 5.75 Å². The lowest BCUT2D eigenvalue weighted by Crippen LogP contribution is -2.25. The molecule has 0 saturated heterocycles. The van der Waals surface area contributed by atoms with Gasteiger partial charge in [-0.3, -0.25) is 0 Å². The van der Waals surface area contributed by atoms with Crippen molar-refractivity contribution in [1.82, 2.24) is 0 Å². The molecule has 1 aromatic rings. The van der Waals surface area contributed by atoms with Crippen molar-refractivity contribution in [2.24, 2.45) is 0 Å². The van der Waals surface area contributed by atoms with E-state index in [0.29, 0.717) is 0 Å². The van der Waals surface area contributed by atoms with E-state index in [1.54, 1.807) is 0 Å². The summed E-state index contributed by atoms with van der Waals surface area (Å²) >= 11 is 0. The zero-order valence-corrected chi connectivity index (χ0v) is 11.6. The fourth-order valence-electron chi connectivity index (χ4n) is 2.79. The average Bonchev–Trinajstić information content (AvgIpc) is 2.46. The predicted molar refractivity (Wildman–Crippen MR) is 78.6 cm³/mol. The third kappa shape index (κ3) is 3.84. The number of unbranched alkanes of at least 4 members (excludes halogenated alkanes) is 3. The van der Waals surface area contributed by atoms with Crippen molar-refractivity contribution in [3.05, 3.63) is 42.5 Å². The van der Waals surface area contributed by atoms with Gasteiger partial charge in [-0.1, -0.05) is 37.1 Å². The number of benzene rings is 1. The lowest BCUT2D eigenvalue weighted by Gasteiger charge is -2.29. The molecular weight excluding hydrogens is 236 g/mol. The lowest BCUT2D eigenvalue weighted by molar-refractivity contribution is 0.106. The summed E-state index contributed by atoms with van der Waals surface area (Å²) in [5.74, 6) is 1.19. The van der Waals surface area contributed by atoms with Crippen molar-refractivity contribution in [2.75, 3.05) is 6.61 Å². The molecule has 0 amide bonds. The molecule has 19 heavy (non-hydrogen) atoms. The fourth-order valence-corrected chi connectivity index (χ4v) is 2.79. The molecule has 1 aliphatic heterocycles. The number of allylic oxidation sites excluding steroid dienone is 1. The van der Waals surface area contributed by atoms with Crippen LogP contribution in [0.4, 0.5) is 0 Å². The Hall–Kier alpha value is -1.28. The minimum Gasteiger partial charge on any atom is -0.493 e. The fraction of sp³-hybridized carbons (Fsp3) is 0.529. The van der Waals surface area contributed by atoms with Crippen LogP contribution in [0.3, 0.4) is 0 Å². The Bertz CT molecular complexity index is 400. The van der Waals surface area contributed by atoms with Crippen LogP contribution in [0.2, 0.25) is 0 Å². The Balaban J connectivity index is 1.86. The van der Waals surface area contributed by atoms with Crippen LogP contribution >= 0.6 is 0 Å². The maximum Gasteiger partial charge on any atom is 0.122 e. The largest absolute Gasteiger partial charge is 0.493 e. The molecule has 1 aliphatic rings. The highest BCUT2D eigenvalue weighted by molar-refractivity contribution is 5.38. The summed E-state index contributed by atoms with van der Waals surface area (Å²) < 4.78 is 5.64. The molecule has 1 aromatic carbocycles. The van der Waals surface area contributed by atoms with E-state index in [-0.39, 0.29) is 12.0 Å². The minimum absolute atomic E-state index is 0.240. The topological polar surface area (TPSA) is 29.5 Å². The van der Waals surface area contributed by atoms with Crippen LogP contribution in [0.15, 0.2) is 36.9 Å². The SMILES string of the molecule is C=CCCCCCC(O)C1CCOc2ccccc21. The summed E-state index contributed by atoms with van der Waals surface area (Å²) in [6.07, 6.45) is 8.06. The molecule has 2 nitrogen and oxygen atoms in total. The van der Waals surface area contributed by atoms with E-state index in [2.05, 4.69) is 12.6 Å². The average molecular weight is 260 g/mol. The van der Waals surface area contributed by atoms with E-state index in [4.69, 9.17) is 4.74 Å². The van der Waals surface area contributed by atoms with Crippen LogP contribution in [-0.4, -0.2) is 17.8 Å². The third-order valence-electron chi connectivity index (χ3n) is 3.88. The molecule has 2 atom stereocenters. The highest BCUT2D eigenvalue weighted by Crippen LogP contribution is 2.36. The van der Waals surface area contributed by atoms with Gasteiger partial charge in [-0.25, -0.2) is 0 Å². The van der Waals surface area contributed by atoms with Gasteiger partial charge >= 0.3 is 0 Å². The van der Waals surface area contributed by atoms with Crippen LogP contribution in [0.5, 0.6) is 5.75 Å². The van der Waals surface area contributed by atoms with E-state index in [1.807, 2.05) is 24.3 Å². The molecule has 0 fully saturated rings. The third-order valence-corrected chi connectivity index (χ3v) is 3.88. The number of hydrogen-bond acceptors (Lipinski definition) is 2. The van der Waals surface area contributed by atoms with E-state index < -0.39 is 0 Å². The van der Waals surface area contributed by atoms with Crippen LogP contribution < -0.4 is 4.74 Å². The van der Waals surface area contributed by atoms with E-state index in [1.165, 1.54) is 18.4 Å². The summed E-state index contributed by atoms with van der Waals surface area (Å²) in [4.78, 5) is 0. The summed E-state index contributed by atoms with van der Waals surface area (Å²) in [5, 5.41) is 10.4. The van der Waals surface area contributed by atoms with Crippen LogP contribution in [0, 0.1) is 0 Å². The second-order valence-electron chi connectivity index (χ2n) is 5.28. The second kappa shape index (κ2) is 7.34. The summed E-state index contributed by atoms with van der Waals surface area (Å²) in [6, 6.07) is 8.10. The monoisotopic (exact) mass is 260 g/mol. The predicted octanol–water partition coefficient (Wildman–Crippen LogP) is 4.05. The van der Waals surface area contributed by atoms with E-state index in [0.717, 1.165) is 38.0 Å². The van der Waals surface area contributed by atoms with Gasteiger partial charge in [0, 0.05) is 5.92 Å². The highest BCUT2D eigenvalue weighted by Gasteiger charge is 2.26. The molecule has 1 heterocycles. The maximum atomic E-state index is 10.4. The minimum atomic E-state index is -0.242. The Labute approximate surface area is 116 Å². The lowest BCUT2D eigenvalue weighted by atomic mass is 9.86. The molecule has 0 aromatic heterocycles. The Morgan fingerprint density at radius 3 is 3.00 bits per heavy atom. The van der Waals surface area contributed by atoms with Gasteiger partial charge in [0.25, 0.3) is 0 Å². The van der Waals surface area contributed by atoms with Gasteiger partial charge in [0.15, 0.2) is 0 Å². The first kappa shape index (κ1) is 14.1. The first-order valence-corrected chi connectivity index (χ1v) is 7.33. The first-order chi connectivity index (χ1) is 9.33. The first-order valence-electron chi connectivity index (χ1n) is 7.33. The van der Waals surface area contributed by atoms with Gasteiger partial charge in [-0.2, -0.15) is 0 Å². The number of hydrogen-bond donors (Lipinski definition) is 1. The van der Waals surface area contributed by atoms with Gasteiger partial charge < -0.3 is 9.84 Å². The summed E-state index contributed by atoms with van der Waals surface area (Å²) in [5.41, 5.74) is 1.17. The van der Waals surface area contributed by atoms with Gasteiger partial charge in [0.1, 0.15) is 5.75 Å². The van der Waals surface area contributed by atoms with Gasteiger partial charge in [-0.05, 0) is 37.3 Å². The molecule has 1 N–H and O–H groups in total. The van der Waals surface area contributed by atoms with Crippen molar-refractivity contribution in [3.63, 3.8) is 0 Å². The molecule has 0 radical (unpaired) electrons. The molecule has 104 valence electrons. The summed E-state index contributed by atoms with van der Waals surface area (Å²) in [6.45, 7) is 4.45. The van der Waals surface area contributed by atoms with Crippen molar-refractivity contribution in [1.29, 1.82) is 0 Å². The van der Waals surface area contributed by atoms with Gasteiger partial charge in [0.2, 0.25) is 0 Å². The Morgan fingerprint density at radius 1 is 1.32 bits per heavy atom. The summed E-state index contributed by atoms with van der Waals surface area (Å²) in [7, 11) is 0. The number of ether oxygens (including phenoxy) is 1. The number of para-hydroxylation sites is 1. The standard InChI is InChI=1S/C17H24O2/c1-2-3-4-5-6-10-16(18)14-12-13-19-17-11-8-7-9-15(14)17/h2,7-9,11,14,16,18H,1,3-6,10,12-13H2. The second-order valence-corrected chi connectivity index (χ2v) is 5.28. The van der Waals surface area contributed by atoms with Crippen LogP contribution in [0.1, 0.15) is 50.0 Å². The van der Waals surface area contributed by atoms with Gasteiger partial charge in [-0.15, -0.1) is 6.58 Å². The zero-order chi connectivity index (χ0) is 13.5. The van der Waals surface area contributed by atoms with Crippen LogP contribution in [-0.2, 0) is 0 Å². The van der Waals surface area contributed by atoms with E-state index in [9.17, 15) is 5.11 Å². The quantitative estimate of drug-likeness (QED) is 0.592. The Kier molecular flexibility index (Phi) is 5.46. The number of fused-ring (bicyclic) bond motifs is 1. The molecule has 0 aliphatic carbocycles. The zero-order valence-electron chi connectivity index (χ0n) is 11.6. The van der Waals surface area contributed by atoms with Crippen molar-refractivity contribution in [2.45, 2.75) is 50.5 Å². The van der Waals surface area contributed by atoms with Crippen LogP contribution in [0.25, 0.3) is 0 Å². The molecule has 2 heteroatoms.